The first-order chi connectivity index (χ1) is 14.6. The number of hydrogen-bond donors (Lipinski definition) is 0. The minimum Gasteiger partial charge on any atom is -0.391 e. The zero-order valence-electron chi connectivity index (χ0n) is 17.7. The van der Waals surface area contributed by atoms with E-state index in [1.54, 1.807) is 0 Å². The first-order valence-electron chi connectivity index (χ1n) is 10.2. The summed E-state index contributed by atoms with van der Waals surface area (Å²) in [5.41, 5.74) is 8.90. The zero-order valence-corrected chi connectivity index (χ0v) is 17.7. The predicted octanol–water partition coefficient (Wildman–Crippen LogP) is 6.70. The molecule has 30 heavy (non-hydrogen) atoms. The van der Waals surface area contributed by atoms with Gasteiger partial charge in [0.2, 0.25) is 0 Å². The summed E-state index contributed by atoms with van der Waals surface area (Å²) in [6.07, 6.45) is 0. The van der Waals surface area contributed by atoms with Gasteiger partial charge in [-0.25, -0.2) is 0 Å². The molecular weight excluding hydrogens is 368 g/mol. The molecule has 0 saturated heterocycles. The summed E-state index contributed by atoms with van der Waals surface area (Å²) in [6.45, 7) is 6.71. The van der Waals surface area contributed by atoms with Crippen molar-refractivity contribution in [3.8, 4) is 16.9 Å². The number of rotatable bonds is 6. The third kappa shape index (κ3) is 4.20. The second kappa shape index (κ2) is 8.83. The summed E-state index contributed by atoms with van der Waals surface area (Å²) >= 11 is 0. The average Bonchev–Trinajstić information content (AvgIpc) is 3.13. The summed E-state index contributed by atoms with van der Waals surface area (Å²) in [5, 5.41) is 4.41. The normalized spacial score (nSPS) is 11.5. The lowest BCUT2D eigenvalue weighted by atomic mass is 10.1. The first kappa shape index (κ1) is 19.7. The molecule has 0 aliphatic heterocycles. The Morgan fingerprint density at radius 1 is 0.833 bits per heavy atom. The van der Waals surface area contributed by atoms with Crippen molar-refractivity contribution in [3.05, 3.63) is 113 Å². The lowest BCUT2D eigenvalue weighted by Crippen LogP contribution is -2.02. The molecule has 0 fully saturated rings. The van der Waals surface area contributed by atoms with Crippen LogP contribution in [0.5, 0.6) is 0 Å². The molecule has 3 nitrogen and oxygen atoms in total. The fourth-order valence-corrected chi connectivity index (χ4v) is 3.65. The number of aromatic nitrogens is 1. The van der Waals surface area contributed by atoms with Crippen molar-refractivity contribution in [1.29, 1.82) is 0 Å². The highest BCUT2D eigenvalue weighted by Crippen LogP contribution is 2.30. The summed E-state index contributed by atoms with van der Waals surface area (Å²) in [4.78, 5) is 5.65. The zero-order chi connectivity index (χ0) is 20.9. The van der Waals surface area contributed by atoms with Gasteiger partial charge in [-0.05, 0) is 50.1 Å². The average molecular weight is 395 g/mol. The van der Waals surface area contributed by atoms with E-state index in [1.807, 2.05) is 43.3 Å². The minimum atomic E-state index is 0.460. The van der Waals surface area contributed by atoms with Crippen LogP contribution >= 0.6 is 0 Å². The van der Waals surface area contributed by atoms with E-state index in [0.717, 1.165) is 33.9 Å². The molecule has 150 valence electrons. The van der Waals surface area contributed by atoms with Gasteiger partial charge in [0.05, 0.1) is 11.4 Å². The molecule has 0 radical (unpaired) electrons. The molecule has 0 N–H and O–H groups in total. The van der Waals surface area contributed by atoms with Gasteiger partial charge in [-0.15, -0.1) is 0 Å². The molecule has 0 aliphatic carbocycles. The van der Waals surface area contributed by atoms with E-state index in [-0.39, 0.29) is 0 Å². The van der Waals surface area contributed by atoms with Crippen LogP contribution in [0.4, 0.5) is 0 Å². The van der Waals surface area contributed by atoms with Crippen molar-refractivity contribution in [2.45, 2.75) is 27.4 Å². The smallest absolute Gasteiger partial charge is 0.142 e. The van der Waals surface area contributed by atoms with Gasteiger partial charge in [0.25, 0.3) is 0 Å². The second-order valence-corrected chi connectivity index (χ2v) is 7.50. The third-order valence-electron chi connectivity index (χ3n) is 5.27. The molecule has 0 spiro atoms. The molecule has 1 heterocycles. The van der Waals surface area contributed by atoms with E-state index in [4.69, 9.17) is 4.84 Å². The van der Waals surface area contributed by atoms with Gasteiger partial charge in [0.15, 0.2) is 0 Å². The van der Waals surface area contributed by atoms with Gasteiger partial charge in [-0.3, -0.25) is 0 Å². The van der Waals surface area contributed by atoms with E-state index in [2.05, 4.69) is 78.2 Å². The maximum atomic E-state index is 5.65. The van der Waals surface area contributed by atoms with Crippen LogP contribution in [-0.2, 0) is 11.4 Å². The molecule has 3 aromatic carbocycles. The minimum absolute atomic E-state index is 0.460. The lowest BCUT2D eigenvalue weighted by molar-refractivity contribution is 0.130. The van der Waals surface area contributed by atoms with E-state index >= 15 is 0 Å². The Kier molecular flexibility index (Phi) is 5.80. The van der Waals surface area contributed by atoms with Crippen molar-refractivity contribution in [3.63, 3.8) is 0 Å². The highest BCUT2D eigenvalue weighted by molar-refractivity contribution is 6.01. The Morgan fingerprint density at radius 3 is 2.13 bits per heavy atom. The van der Waals surface area contributed by atoms with Crippen molar-refractivity contribution < 1.29 is 4.84 Å². The molecule has 4 aromatic rings. The monoisotopic (exact) mass is 394 g/mol. The standard InChI is InChI=1S/C27H26N2O/c1-20-14-16-25(17-15-20)29-22(3)26(18-27(29)24-12-8-5-9-13-24)21(2)28-30-19-23-10-6-4-7-11-23/h4-18H,19H2,1-3H3. The summed E-state index contributed by atoms with van der Waals surface area (Å²) in [6, 6.07) is 31.4. The quantitative estimate of drug-likeness (QED) is 0.264. The number of benzene rings is 3. The van der Waals surface area contributed by atoms with Crippen molar-refractivity contribution >= 4 is 5.71 Å². The van der Waals surface area contributed by atoms with Crippen LogP contribution in [0.15, 0.2) is 96.2 Å². The molecule has 0 atom stereocenters. The predicted molar refractivity (Wildman–Crippen MR) is 124 cm³/mol. The van der Waals surface area contributed by atoms with Crippen molar-refractivity contribution in [1.82, 2.24) is 4.57 Å². The summed E-state index contributed by atoms with van der Waals surface area (Å²) < 4.78 is 2.29. The van der Waals surface area contributed by atoms with Gasteiger partial charge in [0, 0.05) is 16.9 Å². The number of oxime groups is 1. The topological polar surface area (TPSA) is 26.5 Å². The summed E-state index contributed by atoms with van der Waals surface area (Å²) in [7, 11) is 0. The summed E-state index contributed by atoms with van der Waals surface area (Å²) in [5.74, 6) is 0. The molecule has 0 bridgehead atoms. The SMILES string of the molecule is CC(=NOCc1ccccc1)c1cc(-c2ccccc2)n(-c2ccc(C)cc2)c1C. The molecule has 0 aliphatic rings. The third-order valence-corrected chi connectivity index (χ3v) is 5.27. The van der Waals surface area contributed by atoms with Crippen LogP contribution in [0.2, 0.25) is 0 Å². The Bertz CT molecular complexity index is 1140. The molecule has 3 heteroatoms. The van der Waals surface area contributed by atoms with Crippen LogP contribution < -0.4 is 0 Å². The van der Waals surface area contributed by atoms with Crippen LogP contribution in [0, 0.1) is 13.8 Å². The molecule has 4 rings (SSSR count). The highest BCUT2D eigenvalue weighted by atomic mass is 16.6. The number of aryl methyl sites for hydroxylation is 1. The number of nitrogens with zero attached hydrogens (tertiary/aromatic N) is 2. The molecule has 0 unspecified atom stereocenters. The number of hydrogen-bond acceptors (Lipinski definition) is 2. The molecule has 1 aromatic heterocycles. The maximum absolute atomic E-state index is 5.65. The lowest BCUT2D eigenvalue weighted by Gasteiger charge is -2.13. The van der Waals surface area contributed by atoms with Gasteiger partial charge in [-0.2, -0.15) is 0 Å². The van der Waals surface area contributed by atoms with E-state index in [1.165, 1.54) is 11.1 Å². The maximum Gasteiger partial charge on any atom is 0.142 e. The Labute approximate surface area is 178 Å². The van der Waals surface area contributed by atoms with Crippen LogP contribution in [0.1, 0.15) is 29.3 Å². The Balaban J connectivity index is 1.71. The Morgan fingerprint density at radius 2 is 1.47 bits per heavy atom. The van der Waals surface area contributed by atoms with Crippen LogP contribution in [0.25, 0.3) is 16.9 Å². The molecular formula is C27H26N2O. The van der Waals surface area contributed by atoms with E-state index < -0.39 is 0 Å². The largest absolute Gasteiger partial charge is 0.391 e. The van der Waals surface area contributed by atoms with Crippen LogP contribution in [-0.4, -0.2) is 10.3 Å². The van der Waals surface area contributed by atoms with Crippen molar-refractivity contribution in [2.24, 2.45) is 5.16 Å². The molecule has 0 saturated carbocycles. The van der Waals surface area contributed by atoms with E-state index in [0.29, 0.717) is 6.61 Å². The van der Waals surface area contributed by atoms with Gasteiger partial charge in [0.1, 0.15) is 6.61 Å². The van der Waals surface area contributed by atoms with Gasteiger partial charge >= 0.3 is 0 Å². The fourth-order valence-electron chi connectivity index (χ4n) is 3.65. The fraction of sp³-hybridized carbons (Fsp3) is 0.148. The van der Waals surface area contributed by atoms with E-state index in [9.17, 15) is 0 Å². The second-order valence-electron chi connectivity index (χ2n) is 7.50. The Hall–Kier alpha value is -3.59. The molecule has 0 amide bonds. The van der Waals surface area contributed by atoms with Crippen LogP contribution in [0.3, 0.4) is 0 Å². The first-order valence-corrected chi connectivity index (χ1v) is 10.2. The van der Waals surface area contributed by atoms with Gasteiger partial charge in [-0.1, -0.05) is 83.5 Å². The highest BCUT2D eigenvalue weighted by Gasteiger charge is 2.17. The van der Waals surface area contributed by atoms with Crippen molar-refractivity contribution in [2.75, 3.05) is 0 Å². The van der Waals surface area contributed by atoms with Gasteiger partial charge < -0.3 is 9.40 Å².